The monoisotopic (exact) mass is 582 g/mol. The molecule has 1 aliphatic heterocycles. The van der Waals surface area contributed by atoms with E-state index in [1.54, 1.807) is 78.9 Å². The molecule has 0 aliphatic carbocycles. The second kappa shape index (κ2) is 13.3. The first kappa shape index (κ1) is 30.1. The number of hydrogen-bond donors (Lipinski definition) is 2. The van der Waals surface area contributed by atoms with Crippen LogP contribution in [0.5, 0.6) is 0 Å². The van der Waals surface area contributed by atoms with Gasteiger partial charge in [-0.25, -0.2) is 9.59 Å². The summed E-state index contributed by atoms with van der Waals surface area (Å²) in [5.74, 6) is -1.33. The molecule has 1 heterocycles. The van der Waals surface area contributed by atoms with Gasteiger partial charge in [0.15, 0.2) is 18.0 Å². The summed E-state index contributed by atoms with van der Waals surface area (Å²) in [5, 5.41) is 22.3. The molecule has 0 bridgehead atoms. The zero-order valence-electron chi connectivity index (χ0n) is 24.0. The first-order valence-corrected chi connectivity index (χ1v) is 14.0. The van der Waals surface area contributed by atoms with Crippen molar-refractivity contribution >= 4 is 11.9 Å². The molecule has 1 fully saturated rings. The number of aliphatic hydroxyl groups is 2. The van der Waals surface area contributed by atoms with E-state index in [2.05, 4.69) is 0 Å². The minimum Gasteiger partial charge on any atom is -0.458 e. The molecule has 1 aliphatic rings. The summed E-state index contributed by atoms with van der Waals surface area (Å²) >= 11 is 0. The van der Waals surface area contributed by atoms with E-state index in [-0.39, 0.29) is 12.2 Å². The summed E-state index contributed by atoms with van der Waals surface area (Å²) in [6.45, 7) is 3.41. The van der Waals surface area contributed by atoms with Crippen molar-refractivity contribution in [2.24, 2.45) is 0 Å². The Bertz CT molecular complexity index is 1510. The molecule has 0 saturated carbocycles. The molecule has 2 N–H and O–H groups in total. The van der Waals surface area contributed by atoms with Crippen molar-refractivity contribution in [2.75, 3.05) is 6.61 Å². The number of aryl methyl sites for hydroxylation is 2. The average Bonchev–Trinajstić information content (AvgIpc) is 3.29. The lowest BCUT2D eigenvalue weighted by Gasteiger charge is -2.39. The van der Waals surface area contributed by atoms with Crippen LogP contribution in [0.4, 0.5) is 0 Å². The third kappa shape index (κ3) is 6.68. The molecule has 5 atom stereocenters. The molecule has 5 rings (SSSR count). The van der Waals surface area contributed by atoms with E-state index in [1.165, 1.54) is 0 Å². The van der Waals surface area contributed by atoms with Crippen LogP contribution in [0.25, 0.3) is 0 Å². The predicted octanol–water partition coefficient (Wildman–Crippen LogP) is 4.88. The van der Waals surface area contributed by atoms with Crippen molar-refractivity contribution in [2.45, 2.75) is 50.7 Å². The fourth-order valence-electron chi connectivity index (χ4n) is 5.14. The molecule has 0 amide bonds. The number of benzene rings is 4. The molecule has 1 unspecified atom stereocenters. The van der Waals surface area contributed by atoms with Gasteiger partial charge in [0.05, 0.1) is 17.7 Å². The van der Waals surface area contributed by atoms with Crippen LogP contribution in [0.1, 0.15) is 43.0 Å². The highest BCUT2D eigenvalue weighted by atomic mass is 16.7. The molecular formula is C35H34O8. The van der Waals surface area contributed by atoms with Gasteiger partial charge in [-0.2, -0.15) is 0 Å². The molecule has 0 aromatic heterocycles. The number of hydrogen-bond acceptors (Lipinski definition) is 8. The van der Waals surface area contributed by atoms with Gasteiger partial charge >= 0.3 is 11.9 Å². The summed E-state index contributed by atoms with van der Waals surface area (Å²) in [6, 6.07) is 31.8. The predicted molar refractivity (Wildman–Crippen MR) is 158 cm³/mol. The molecule has 4 aromatic rings. The van der Waals surface area contributed by atoms with Crippen molar-refractivity contribution in [1.29, 1.82) is 0 Å². The minimum atomic E-state index is -1.70. The van der Waals surface area contributed by atoms with Crippen molar-refractivity contribution in [3.63, 3.8) is 0 Å². The lowest BCUT2D eigenvalue weighted by molar-refractivity contribution is -0.177. The highest BCUT2D eigenvalue weighted by Crippen LogP contribution is 2.45. The Morgan fingerprint density at radius 1 is 0.767 bits per heavy atom. The average molecular weight is 583 g/mol. The van der Waals surface area contributed by atoms with Crippen LogP contribution in [-0.2, 0) is 31.2 Å². The second-order valence-corrected chi connectivity index (χ2v) is 10.6. The highest BCUT2D eigenvalue weighted by Gasteiger charge is 2.61. The minimum absolute atomic E-state index is 0.0428. The van der Waals surface area contributed by atoms with Crippen LogP contribution >= 0.6 is 0 Å². The Hall–Kier alpha value is -4.34. The van der Waals surface area contributed by atoms with Gasteiger partial charge < -0.3 is 29.2 Å². The number of ether oxygens (including phenoxy) is 4. The Kier molecular flexibility index (Phi) is 9.33. The van der Waals surface area contributed by atoms with Crippen molar-refractivity contribution in [1.82, 2.24) is 0 Å². The standard InChI is InChI=1S/C35H34O8/c1-23-13-17-26(18-14-23)32(37)40-22-29(42-33(38)27-19-15-24(2)16-20-27)31-35(30(36)34(39)43-31,28-11-7-4-8-12-28)41-21-25-9-5-3-6-10-25/h3-20,29-31,34,36,39H,21-22H2,1-2H3/t29-,30+,31-,34?,35+/m1/s1. The van der Waals surface area contributed by atoms with Gasteiger partial charge in [0.1, 0.15) is 18.8 Å². The number of carbonyl (C=O) groups excluding carboxylic acids is 2. The summed E-state index contributed by atoms with van der Waals surface area (Å²) < 4.78 is 24.0. The lowest BCUT2D eigenvalue weighted by atomic mass is 9.82. The molecular weight excluding hydrogens is 548 g/mol. The zero-order chi connectivity index (χ0) is 30.4. The smallest absolute Gasteiger partial charge is 0.338 e. The third-order valence-electron chi connectivity index (χ3n) is 7.51. The number of aliphatic hydroxyl groups excluding tert-OH is 2. The molecule has 0 spiro atoms. The van der Waals surface area contributed by atoms with Crippen molar-refractivity contribution < 1.29 is 38.7 Å². The van der Waals surface area contributed by atoms with E-state index in [9.17, 15) is 19.8 Å². The topological polar surface area (TPSA) is 112 Å². The number of carbonyl (C=O) groups is 2. The van der Waals surface area contributed by atoms with Crippen LogP contribution in [0, 0.1) is 13.8 Å². The molecule has 8 heteroatoms. The van der Waals surface area contributed by atoms with Gasteiger partial charge in [0.25, 0.3) is 0 Å². The molecule has 4 aromatic carbocycles. The zero-order valence-corrected chi connectivity index (χ0v) is 24.0. The van der Waals surface area contributed by atoms with Gasteiger partial charge in [-0.1, -0.05) is 96.1 Å². The number of esters is 2. The maximum atomic E-state index is 13.4. The maximum Gasteiger partial charge on any atom is 0.338 e. The van der Waals surface area contributed by atoms with Gasteiger partial charge in [-0.05, 0) is 49.2 Å². The van der Waals surface area contributed by atoms with E-state index in [0.717, 1.165) is 16.7 Å². The Morgan fingerprint density at radius 2 is 1.30 bits per heavy atom. The summed E-state index contributed by atoms with van der Waals surface area (Å²) in [5.41, 5.74) is 2.12. The molecule has 43 heavy (non-hydrogen) atoms. The lowest BCUT2D eigenvalue weighted by Crippen LogP contribution is -2.54. The van der Waals surface area contributed by atoms with Gasteiger partial charge in [0.2, 0.25) is 0 Å². The largest absolute Gasteiger partial charge is 0.458 e. The SMILES string of the molecule is Cc1ccc(C(=O)OC[C@@H](OC(=O)c2ccc(C)cc2)[C@H]2OC(O)[C@H](O)[C@@]2(OCc2ccccc2)c2ccccc2)cc1. The highest BCUT2D eigenvalue weighted by molar-refractivity contribution is 5.90. The van der Waals surface area contributed by atoms with Crippen LogP contribution in [-0.4, -0.2) is 53.4 Å². The fourth-order valence-corrected chi connectivity index (χ4v) is 5.14. The summed E-state index contributed by atoms with van der Waals surface area (Å²) in [4.78, 5) is 26.4. The molecule has 1 saturated heterocycles. The first-order valence-electron chi connectivity index (χ1n) is 14.0. The summed E-state index contributed by atoms with van der Waals surface area (Å²) in [6.07, 6.45) is -5.82. The quantitative estimate of drug-likeness (QED) is 0.255. The Labute approximate surface area is 250 Å². The summed E-state index contributed by atoms with van der Waals surface area (Å²) in [7, 11) is 0. The second-order valence-electron chi connectivity index (χ2n) is 10.6. The van der Waals surface area contributed by atoms with Crippen molar-refractivity contribution in [3.8, 4) is 0 Å². The molecule has 8 nitrogen and oxygen atoms in total. The van der Waals surface area contributed by atoms with Crippen LogP contribution in [0.3, 0.4) is 0 Å². The van der Waals surface area contributed by atoms with E-state index in [4.69, 9.17) is 18.9 Å². The van der Waals surface area contributed by atoms with Gasteiger partial charge in [-0.3, -0.25) is 0 Å². The molecule has 222 valence electrons. The molecule has 0 radical (unpaired) electrons. The number of rotatable bonds is 10. The third-order valence-corrected chi connectivity index (χ3v) is 7.51. The Morgan fingerprint density at radius 3 is 1.88 bits per heavy atom. The van der Waals surface area contributed by atoms with Gasteiger partial charge in [-0.15, -0.1) is 0 Å². The van der Waals surface area contributed by atoms with Gasteiger partial charge in [0, 0.05) is 0 Å². The normalized spacial score (nSPS) is 22.1. The van der Waals surface area contributed by atoms with Crippen LogP contribution < -0.4 is 0 Å². The Balaban J connectivity index is 1.52. The fraction of sp³-hybridized carbons (Fsp3) is 0.257. The van der Waals surface area contributed by atoms with Crippen LogP contribution in [0.15, 0.2) is 109 Å². The van der Waals surface area contributed by atoms with E-state index in [0.29, 0.717) is 11.1 Å². The van der Waals surface area contributed by atoms with E-state index >= 15 is 0 Å². The van der Waals surface area contributed by atoms with Crippen molar-refractivity contribution in [3.05, 3.63) is 143 Å². The van der Waals surface area contributed by atoms with Crippen LogP contribution in [0.2, 0.25) is 0 Å². The first-order chi connectivity index (χ1) is 20.8. The maximum absolute atomic E-state index is 13.4. The van der Waals surface area contributed by atoms with E-state index in [1.807, 2.05) is 44.2 Å². The van der Waals surface area contributed by atoms with E-state index < -0.39 is 48.7 Å².